The van der Waals surface area contributed by atoms with Gasteiger partial charge in [-0.25, -0.2) is 4.79 Å². The lowest BCUT2D eigenvalue weighted by molar-refractivity contribution is -0.146. The lowest BCUT2D eigenvalue weighted by atomic mass is 9.99. The molecule has 0 bridgehead atoms. The third-order valence-electron chi connectivity index (χ3n) is 5.15. The van der Waals surface area contributed by atoms with Crippen molar-refractivity contribution in [3.63, 3.8) is 0 Å². The Morgan fingerprint density at radius 2 is 1.77 bits per heavy atom. The average molecular weight is 435 g/mol. The number of esters is 1. The summed E-state index contributed by atoms with van der Waals surface area (Å²) < 4.78 is 16.5. The van der Waals surface area contributed by atoms with Gasteiger partial charge in [0.1, 0.15) is 18.8 Å². The highest BCUT2D eigenvalue weighted by molar-refractivity contribution is 5.78. The molecular formula is C24H38N2O5. The molecule has 1 heterocycles. The Labute approximate surface area is 186 Å². The van der Waals surface area contributed by atoms with Crippen LogP contribution in [0.1, 0.15) is 46.1 Å². The van der Waals surface area contributed by atoms with Crippen LogP contribution in [0.4, 0.5) is 4.79 Å². The number of likely N-dealkylation sites (tertiary alicyclic amines) is 1. The first-order valence-electron chi connectivity index (χ1n) is 11.2. The van der Waals surface area contributed by atoms with Crippen LogP contribution in [0.25, 0.3) is 0 Å². The maximum atomic E-state index is 12.5. The molecule has 0 N–H and O–H groups in total. The van der Waals surface area contributed by atoms with Crippen molar-refractivity contribution in [2.24, 2.45) is 5.92 Å². The summed E-state index contributed by atoms with van der Waals surface area (Å²) in [7, 11) is 0. The molecule has 174 valence electrons. The zero-order valence-electron chi connectivity index (χ0n) is 19.5. The second-order valence-electron chi connectivity index (χ2n) is 9.18. The number of rotatable bonds is 10. The Morgan fingerprint density at radius 1 is 1.10 bits per heavy atom. The summed E-state index contributed by atoms with van der Waals surface area (Å²) in [6, 6.07) is 9.45. The van der Waals surface area contributed by atoms with Gasteiger partial charge in [0.15, 0.2) is 0 Å². The van der Waals surface area contributed by atoms with E-state index in [1.807, 2.05) is 30.3 Å². The summed E-state index contributed by atoms with van der Waals surface area (Å²) in [4.78, 5) is 28.6. The number of carbonyl (C=O) groups is 2. The van der Waals surface area contributed by atoms with E-state index >= 15 is 0 Å². The van der Waals surface area contributed by atoms with Crippen molar-refractivity contribution in [2.75, 3.05) is 45.9 Å². The van der Waals surface area contributed by atoms with Gasteiger partial charge in [-0.15, -0.1) is 0 Å². The first-order chi connectivity index (χ1) is 14.7. The third-order valence-corrected chi connectivity index (χ3v) is 5.15. The number of carbonyl (C=O) groups excluding carboxylic acids is 2. The maximum absolute atomic E-state index is 12.5. The van der Waals surface area contributed by atoms with E-state index < -0.39 is 17.7 Å². The van der Waals surface area contributed by atoms with Gasteiger partial charge in [0, 0.05) is 13.1 Å². The van der Waals surface area contributed by atoms with Crippen molar-refractivity contribution in [3.05, 3.63) is 35.9 Å². The summed E-state index contributed by atoms with van der Waals surface area (Å²) in [5, 5.41) is 0. The number of benzene rings is 1. The van der Waals surface area contributed by atoms with Gasteiger partial charge < -0.3 is 19.1 Å². The molecular weight excluding hydrogens is 396 g/mol. The highest BCUT2D eigenvalue weighted by Gasteiger charge is 2.24. The summed E-state index contributed by atoms with van der Waals surface area (Å²) in [5.41, 5.74) is 0.255. The molecule has 0 aliphatic carbocycles. The van der Waals surface area contributed by atoms with Crippen LogP contribution >= 0.6 is 0 Å². The van der Waals surface area contributed by atoms with Crippen LogP contribution in [-0.2, 0) is 25.6 Å². The monoisotopic (exact) mass is 434 g/mol. The van der Waals surface area contributed by atoms with Gasteiger partial charge in [0.2, 0.25) is 0 Å². The molecule has 0 spiro atoms. The standard InChI is InChI=1S/C24H38N2O5/c1-20-10-12-25(13-11-20)14-16-29-17-15-26(23(28)31-24(2,3)4)18-22(27)30-19-21-8-6-5-7-9-21/h5-9,20H,10-19H2,1-4H3. The molecule has 1 aliphatic heterocycles. The number of piperidine rings is 1. The fraction of sp³-hybridized carbons (Fsp3) is 0.667. The lowest BCUT2D eigenvalue weighted by Crippen LogP contribution is -2.42. The molecule has 1 aliphatic rings. The minimum atomic E-state index is -0.643. The number of hydrogen-bond acceptors (Lipinski definition) is 6. The molecule has 31 heavy (non-hydrogen) atoms. The van der Waals surface area contributed by atoms with E-state index in [1.54, 1.807) is 20.8 Å². The Hall–Kier alpha value is -2.12. The molecule has 7 nitrogen and oxygen atoms in total. The summed E-state index contributed by atoms with van der Waals surface area (Å²) in [6.07, 6.45) is 1.92. The molecule has 1 aromatic carbocycles. The van der Waals surface area contributed by atoms with E-state index in [2.05, 4.69) is 11.8 Å². The molecule has 1 amide bonds. The number of hydrogen-bond donors (Lipinski definition) is 0. The second kappa shape index (κ2) is 12.7. The summed E-state index contributed by atoms with van der Waals surface area (Å²) >= 11 is 0. The van der Waals surface area contributed by atoms with E-state index in [1.165, 1.54) is 17.7 Å². The van der Waals surface area contributed by atoms with Crippen LogP contribution in [0.2, 0.25) is 0 Å². The van der Waals surface area contributed by atoms with Crippen LogP contribution in [0.3, 0.4) is 0 Å². The molecule has 2 rings (SSSR count). The van der Waals surface area contributed by atoms with Crippen LogP contribution in [0.5, 0.6) is 0 Å². The molecule has 0 unspecified atom stereocenters. The van der Waals surface area contributed by atoms with Gasteiger partial charge >= 0.3 is 12.1 Å². The highest BCUT2D eigenvalue weighted by Crippen LogP contribution is 2.15. The van der Waals surface area contributed by atoms with Crippen LogP contribution < -0.4 is 0 Å². The highest BCUT2D eigenvalue weighted by atomic mass is 16.6. The van der Waals surface area contributed by atoms with Crippen molar-refractivity contribution in [1.29, 1.82) is 0 Å². The van der Waals surface area contributed by atoms with Crippen molar-refractivity contribution >= 4 is 12.1 Å². The van der Waals surface area contributed by atoms with Gasteiger partial charge in [-0.2, -0.15) is 0 Å². The Kier molecular flexibility index (Phi) is 10.3. The molecule has 0 aromatic heterocycles. The number of amides is 1. The first kappa shape index (κ1) is 25.1. The van der Waals surface area contributed by atoms with Crippen LogP contribution in [0, 0.1) is 5.92 Å². The molecule has 1 saturated heterocycles. The van der Waals surface area contributed by atoms with E-state index in [9.17, 15) is 9.59 Å². The summed E-state index contributed by atoms with van der Waals surface area (Å²) in [6.45, 7) is 12.0. The predicted octanol–water partition coefficient (Wildman–Crippen LogP) is 3.72. The van der Waals surface area contributed by atoms with E-state index in [-0.39, 0.29) is 19.7 Å². The number of ether oxygens (including phenoxy) is 3. The van der Waals surface area contributed by atoms with Crippen LogP contribution in [-0.4, -0.2) is 73.4 Å². The second-order valence-corrected chi connectivity index (χ2v) is 9.18. The van der Waals surface area contributed by atoms with Gasteiger partial charge in [-0.05, 0) is 58.2 Å². The smallest absolute Gasteiger partial charge is 0.410 e. The SMILES string of the molecule is CC1CCN(CCOCCN(CC(=O)OCc2ccccc2)C(=O)OC(C)(C)C)CC1. The van der Waals surface area contributed by atoms with Gasteiger partial charge in [-0.1, -0.05) is 37.3 Å². The van der Waals surface area contributed by atoms with Crippen molar-refractivity contribution in [2.45, 2.75) is 52.7 Å². The predicted molar refractivity (Wildman–Crippen MR) is 120 cm³/mol. The fourth-order valence-electron chi connectivity index (χ4n) is 3.26. The van der Waals surface area contributed by atoms with E-state index in [0.29, 0.717) is 13.2 Å². The van der Waals surface area contributed by atoms with Gasteiger partial charge in [0.05, 0.1) is 13.2 Å². The first-order valence-corrected chi connectivity index (χ1v) is 11.2. The van der Waals surface area contributed by atoms with Crippen molar-refractivity contribution in [3.8, 4) is 0 Å². The van der Waals surface area contributed by atoms with E-state index in [4.69, 9.17) is 14.2 Å². The minimum absolute atomic E-state index is 0.172. The molecule has 0 atom stereocenters. The summed E-state index contributed by atoms with van der Waals surface area (Å²) in [5.74, 6) is 0.332. The molecule has 0 radical (unpaired) electrons. The molecule has 1 fully saturated rings. The third kappa shape index (κ3) is 10.6. The lowest BCUT2D eigenvalue weighted by Gasteiger charge is -2.30. The zero-order chi connectivity index (χ0) is 22.7. The Morgan fingerprint density at radius 3 is 2.42 bits per heavy atom. The Bertz CT molecular complexity index is 666. The van der Waals surface area contributed by atoms with E-state index in [0.717, 1.165) is 31.1 Å². The van der Waals surface area contributed by atoms with Crippen molar-refractivity contribution in [1.82, 2.24) is 9.80 Å². The minimum Gasteiger partial charge on any atom is -0.459 e. The van der Waals surface area contributed by atoms with Gasteiger partial charge in [0.25, 0.3) is 0 Å². The zero-order valence-corrected chi connectivity index (χ0v) is 19.5. The molecule has 0 saturated carbocycles. The Balaban J connectivity index is 1.76. The normalized spacial score (nSPS) is 15.5. The topological polar surface area (TPSA) is 68.3 Å². The van der Waals surface area contributed by atoms with Crippen LogP contribution in [0.15, 0.2) is 30.3 Å². The van der Waals surface area contributed by atoms with Gasteiger partial charge in [-0.3, -0.25) is 9.69 Å². The van der Waals surface area contributed by atoms with Crippen molar-refractivity contribution < 1.29 is 23.8 Å². The maximum Gasteiger partial charge on any atom is 0.410 e. The number of nitrogens with zero attached hydrogens (tertiary/aromatic N) is 2. The molecule has 7 heteroatoms. The quantitative estimate of drug-likeness (QED) is 0.413. The fourth-order valence-corrected chi connectivity index (χ4v) is 3.26. The largest absolute Gasteiger partial charge is 0.459 e. The molecule has 1 aromatic rings. The average Bonchev–Trinajstić information content (AvgIpc) is 2.72.